The van der Waals surface area contributed by atoms with Crippen molar-refractivity contribution in [2.75, 3.05) is 6.61 Å². The normalized spacial score (nSPS) is 13.2. The van der Waals surface area contributed by atoms with Crippen molar-refractivity contribution in [1.29, 1.82) is 0 Å². The number of ether oxygens (including phenoxy) is 2. The molecule has 0 aromatic carbocycles. The first kappa shape index (κ1) is 30.2. The minimum absolute atomic E-state index is 0.0557. The summed E-state index contributed by atoms with van der Waals surface area (Å²) in [5.74, 6) is 0.497. The fraction of sp³-hybridized carbons (Fsp3) is 0.714. The van der Waals surface area contributed by atoms with Gasteiger partial charge in [-0.25, -0.2) is 0 Å². The van der Waals surface area contributed by atoms with Crippen LogP contribution in [-0.2, 0) is 19.1 Å². The van der Waals surface area contributed by atoms with Crippen molar-refractivity contribution in [3.8, 4) is 0 Å². The Bertz CT molecular complexity index is 619. The van der Waals surface area contributed by atoms with Crippen molar-refractivity contribution in [3.05, 3.63) is 35.1 Å². The molecule has 0 heterocycles. The molecule has 0 radical (unpaired) electrons. The van der Waals surface area contributed by atoms with Crippen LogP contribution in [0.1, 0.15) is 113 Å². The van der Waals surface area contributed by atoms with Gasteiger partial charge in [-0.1, -0.05) is 43.6 Å². The Kier molecular flexibility index (Phi) is 17.6. The van der Waals surface area contributed by atoms with E-state index < -0.39 is 0 Å². The van der Waals surface area contributed by atoms with Crippen LogP contribution in [0.15, 0.2) is 35.1 Å². The van der Waals surface area contributed by atoms with E-state index >= 15 is 0 Å². The lowest BCUT2D eigenvalue weighted by molar-refractivity contribution is -0.148. The molecule has 0 aromatic heterocycles. The third kappa shape index (κ3) is 20.1. The number of rotatable bonds is 17. The Morgan fingerprint density at radius 1 is 0.719 bits per heavy atom. The smallest absolute Gasteiger partial charge is 0.311 e. The van der Waals surface area contributed by atoms with Gasteiger partial charge in [0.25, 0.3) is 0 Å². The number of carbonyl (C=O) groups excluding carboxylic acids is 2. The van der Waals surface area contributed by atoms with Gasteiger partial charge in [-0.2, -0.15) is 0 Å². The Morgan fingerprint density at radius 3 is 1.81 bits per heavy atom. The third-order valence-electron chi connectivity index (χ3n) is 5.49. The minimum Gasteiger partial charge on any atom is -0.466 e. The Labute approximate surface area is 197 Å². The van der Waals surface area contributed by atoms with E-state index in [2.05, 4.69) is 53.7 Å². The molecule has 0 rings (SSSR count). The van der Waals surface area contributed by atoms with E-state index in [9.17, 15) is 9.59 Å². The molecule has 0 bridgehead atoms. The standard InChI is InChI=1S/C28H48O4/c1-22(2)11-8-13-24(5)15-10-16-26(7)21-32-28(30)18-17-27(29)31-20-19-25(6)14-9-12-23(3)4/h11-12,21,24-25H,8-10,13-20H2,1-7H3. The molecule has 184 valence electrons. The molecule has 32 heavy (non-hydrogen) atoms. The average molecular weight is 449 g/mol. The predicted octanol–water partition coefficient (Wildman–Crippen LogP) is 8.08. The lowest BCUT2D eigenvalue weighted by atomic mass is 9.97. The molecule has 0 aromatic rings. The molecular weight excluding hydrogens is 400 g/mol. The fourth-order valence-corrected chi connectivity index (χ4v) is 3.27. The summed E-state index contributed by atoms with van der Waals surface area (Å²) in [5.41, 5.74) is 3.77. The molecule has 4 nitrogen and oxygen atoms in total. The van der Waals surface area contributed by atoms with E-state index in [0.717, 1.165) is 44.1 Å². The Morgan fingerprint density at radius 2 is 1.25 bits per heavy atom. The number of esters is 2. The average Bonchev–Trinajstić information content (AvgIpc) is 2.70. The second kappa shape index (κ2) is 18.7. The van der Waals surface area contributed by atoms with Crippen LogP contribution in [0.25, 0.3) is 0 Å². The monoisotopic (exact) mass is 448 g/mol. The highest BCUT2D eigenvalue weighted by molar-refractivity contribution is 5.77. The van der Waals surface area contributed by atoms with Crippen LogP contribution in [-0.4, -0.2) is 18.5 Å². The lowest BCUT2D eigenvalue weighted by Crippen LogP contribution is -2.11. The first-order chi connectivity index (χ1) is 15.1. The van der Waals surface area contributed by atoms with Crippen molar-refractivity contribution >= 4 is 11.9 Å². The zero-order valence-corrected chi connectivity index (χ0v) is 21.8. The first-order valence-corrected chi connectivity index (χ1v) is 12.4. The van der Waals surface area contributed by atoms with Gasteiger partial charge in [0.15, 0.2) is 0 Å². The molecular formula is C28H48O4. The second-order valence-electron chi connectivity index (χ2n) is 9.78. The van der Waals surface area contributed by atoms with E-state index in [1.165, 1.54) is 30.2 Å². The summed E-state index contributed by atoms with van der Waals surface area (Å²) in [7, 11) is 0. The molecule has 0 saturated carbocycles. The van der Waals surface area contributed by atoms with Crippen LogP contribution < -0.4 is 0 Å². The maximum Gasteiger partial charge on any atom is 0.311 e. The van der Waals surface area contributed by atoms with Crippen molar-refractivity contribution in [2.45, 2.75) is 113 Å². The third-order valence-corrected chi connectivity index (χ3v) is 5.49. The van der Waals surface area contributed by atoms with Gasteiger partial charge in [-0.15, -0.1) is 0 Å². The van der Waals surface area contributed by atoms with Crippen molar-refractivity contribution < 1.29 is 19.1 Å². The molecule has 0 aliphatic rings. The van der Waals surface area contributed by atoms with Crippen LogP contribution in [0.5, 0.6) is 0 Å². The number of allylic oxidation sites excluding steroid dienone is 5. The lowest BCUT2D eigenvalue weighted by Gasteiger charge is -2.11. The van der Waals surface area contributed by atoms with Gasteiger partial charge in [0.2, 0.25) is 0 Å². The van der Waals surface area contributed by atoms with Gasteiger partial charge < -0.3 is 9.47 Å². The van der Waals surface area contributed by atoms with Crippen molar-refractivity contribution in [3.63, 3.8) is 0 Å². The van der Waals surface area contributed by atoms with Gasteiger partial charge >= 0.3 is 11.9 Å². The molecule has 4 heteroatoms. The van der Waals surface area contributed by atoms with Gasteiger partial charge in [0, 0.05) is 0 Å². The van der Waals surface area contributed by atoms with Crippen LogP contribution in [0.3, 0.4) is 0 Å². The van der Waals surface area contributed by atoms with Crippen LogP contribution >= 0.6 is 0 Å². The van der Waals surface area contributed by atoms with E-state index in [0.29, 0.717) is 18.4 Å². The highest BCUT2D eigenvalue weighted by atomic mass is 16.5. The zero-order chi connectivity index (χ0) is 24.4. The number of hydrogen-bond donors (Lipinski definition) is 0. The summed E-state index contributed by atoms with van der Waals surface area (Å²) in [6, 6.07) is 0. The van der Waals surface area contributed by atoms with E-state index in [1.807, 2.05) is 6.92 Å². The summed E-state index contributed by atoms with van der Waals surface area (Å²) in [5, 5.41) is 0. The molecule has 0 spiro atoms. The van der Waals surface area contributed by atoms with Gasteiger partial charge in [0.05, 0.1) is 25.7 Å². The van der Waals surface area contributed by atoms with Crippen LogP contribution in [0.2, 0.25) is 0 Å². The van der Waals surface area contributed by atoms with Gasteiger partial charge in [-0.05, 0) is 97.0 Å². The maximum absolute atomic E-state index is 11.9. The quantitative estimate of drug-likeness (QED) is 0.128. The molecule has 0 aliphatic heterocycles. The predicted molar refractivity (Wildman–Crippen MR) is 134 cm³/mol. The zero-order valence-electron chi connectivity index (χ0n) is 21.8. The largest absolute Gasteiger partial charge is 0.466 e. The molecule has 0 fully saturated rings. The number of hydrogen-bond acceptors (Lipinski definition) is 4. The molecule has 0 aliphatic carbocycles. The molecule has 2 unspecified atom stereocenters. The van der Waals surface area contributed by atoms with Crippen LogP contribution in [0.4, 0.5) is 0 Å². The van der Waals surface area contributed by atoms with Crippen molar-refractivity contribution in [2.24, 2.45) is 11.8 Å². The molecule has 0 amide bonds. The van der Waals surface area contributed by atoms with Gasteiger partial charge in [-0.3, -0.25) is 9.59 Å². The Hall–Kier alpha value is -1.84. The van der Waals surface area contributed by atoms with Gasteiger partial charge in [0.1, 0.15) is 0 Å². The minimum atomic E-state index is -0.383. The molecule has 0 N–H and O–H groups in total. The first-order valence-electron chi connectivity index (χ1n) is 12.4. The van der Waals surface area contributed by atoms with E-state index in [-0.39, 0.29) is 24.8 Å². The topological polar surface area (TPSA) is 52.6 Å². The van der Waals surface area contributed by atoms with Crippen LogP contribution in [0, 0.1) is 11.8 Å². The summed E-state index contributed by atoms with van der Waals surface area (Å²) < 4.78 is 10.4. The SMILES string of the molecule is CC(C)=CCCC(C)CCCC(C)=COC(=O)CCC(=O)OCCC(C)CCC=C(C)C. The summed E-state index contributed by atoms with van der Waals surface area (Å²) in [6.45, 7) is 15.3. The van der Waals surface area contributed by atoms with E-state index in [1.54, 1.807) is 0 Å². The van der Waals surface area contributed by atoms with Crippen molar-refractivity contribution in [1.82, 2.24) is 0 Å². The Balaban J connectivity index is 3.88. The van der Waals surface area contributed by atoms with E-state index in [4.69, 9.17) is 9.47 Å². The molecule has 2 atom stereocenters. The second-order valence-corrected chi connectivity index (χ2v) is 9.78. The highest BCUT2D eigenvalue weighted by Gasteiger charge is 2.10. The highest BCUT2D eigenvalue weighted by Crippen LogP contribution is 2.17. The summed E-state index contributed by atoms with van der Waals surface area (Å²) in [6.07, 6.45) is 14.8. The summed E-state index contributed by atoms with van der Waals surface area (Å²) in [4.78, 5) is 23.7. The number of carbonyl (C=O) groups is 2. The maximum atomic E-state index is 11.9. The summed E-state index contributed by atoms with van der Waals surface area (Å²) >= 11 is 0. The fourth-order valence-electron chi connectivity index (χ4n) is 3.27. The molecule has 0 saturated heterocycles.